The van der Waals surface area contributed by atoms with Gasteiger partial charge in [-0.05, 0) is 80.1 Å². The molecule has 0 unspecified atom stereocenters. The van der Waals surface area contributed by atoms with Gasteiger partial charge < -0.3 is 20.5 Å². The van der Waals surface area contributed by atoms with E-state index in [0.29, 0.717) is 42.0 Å². The molecule has 0 aliphatic heterocycles. The summed E-state index contributed by atoms with van der Waals surface area (Å²) >= 11 is 0. The maximum absolute atomic E-state index is 13.5. The second-order valence-corrected chi connectivity index (χ2v) is 9.90. The molecule has 0 atom stereocenters. The lowest BCUT2D eigenvalue weighted by atomic mass is 10.1. The van der Waals surface area contributed by atoms with Crippen LogP contribution in [0.1, 0.15) is 62.9 Å². The molecule has 35 heavy (non-hydrogen) atoms. The van der Waals surface area contributed by atoms with Crippen LogP contribution in [-0.4, -0.2) is 40.0 Å². The lowest BCUT2D eigenvalue weighted by Crippen LogP contribution is -2.34. The molecule has 0 aliphatic carbocycles. The Balaban J connectivity index is 1.93. The number of anilines is 2. The summed E-state index contributed by atoms with van der Waals surface area (Å²) in [5.74, 6) is 1.85. The first-order valence-electron chi connectivity index (χ1n) is 12.6. The molecule has 7 nitrogen and oxygen atoms in total. The SMILES string of the molecule is CC(C)CCN(CCC(C)C)C(=O)c1ccc2nc(Nc3ccc(C#N)cc3)n(CCCN)c2c1. The summed E-state index contributed by atoms with van der Waals surface area (Å²) in [7, 11) is 0. The number of hydrogen-bond acceptors (Lipinski definition) is 5. The third-order valence-electron chi connectivity index (χ3n) is 6.09. The van der Waals surface area contributed by atoms with Crippen LogP contribution in [0.2, 0.25) is 0 Å². The number of hydrogen-bond donors (Lipinski definition) is 2. The quantitative estimate of drug-likeness (QED) is 0.359. The fraction of sp³-hybridized carbons (Fsp3) is 0.464. The Bertz CT molecular complexity index is 1140. The number of amides is 1. The molecule has 2 aromatic carbocycles. The molecule has 0 aliphatic rings. The second-order valence-electron chi connectivity index (χ2n) is 9.90. The summed E-state index contributed by atoms with van der Waals surface area (Å²) in [5, 5.41) is 12.4. The molecule has 0 fully saturated rings. The number of rotatable bonds is 12. The zero-order valence-corrected chi connectivity index (χ0v) is 21.4. The number of nitriles is 1. The lowest BCUT2D eigenvalue weighted by Gasteiger charge is -2.24. The smallest absolute Gasteiger partial charge is 0.253 e. The largest absolute Gasteiger partial charge is 0.339 e. The average Bonchev–Trinajstić information content (AvgIpc) is 3.18. The van der Waals surface area contributed by atoms with E-state index in [4.69, 9.17) is 16.0 Å². The van der Waals surface area contributed by atoms with Crippen molar-refractivity contribution in [1.82, 2.24) is 14.5 Å². The summed E-state index contributed by atoms with van der Waals surface area (Å²) in [6.07, 6.45) is 2.76. The highest BCUT2D eigenvalue weighted by Crippen LogP contribution is 2.25. The van der Waals surface area contributed by atoms with E-state index >= 15 is 0 Å². The van der Waals surface area contributed by atoms with Gasteiger partial charge in [0.15, 0.2) is 0 Å². The van der Waals surface area contributed by atoms with Crippen LogP contribution in [0.25, 0.3) is 11.0 Å². The van der Waals surface area contributed by atoms with Gasteiger partial charge in [0.1, 0.15) is 0 Å². The third kappa shape index (κ3) is 7.06. The minimum Gasteiger partial charge on any atom is -0.339 e. The molecule has 0 radical (unpaired) electrons. The second kappa shape index (κ2) is 12.4. The van der Waals surface area contributed by atoms with Crippen LogP contribution in [0.15, 0.2) is 42.5 Å². The van der Waals surface area contributed by atoms with Gasteiger partial charge in [0, 0.05) is 30.9 Å². The number of aryl methyl sites for hydroxylation is 1. The normalized spacial score (nSPS) is 11.3. The number of imidazole rings is 1. The molecule has 186 valence electrons. The highest BCUT2D eigenvalue weighted by Gasteiger charge is 2.19. The number of nitrogens with zero attached hydrogens (tertiary/aromatic N) is 4. The van der Waals surface area contributed by atoms with Gasteiger partial charge in [0.25, 0.3) is 5.91 Å². The van der Waals surface area contributed by atoms with Crippen molar-refractivity contribution in [1.29, 1.82) is 5.26 Å². The Morgan fingerprint density at radius 1 is 1.09 bits per heavy atom. The van der Waals surface area contributed by atoms with E-state index in [1.165, 1.54) is 0 Å². The Labute approximate surface area is 208 Å². The Morgan fingerprint density at radius 2 is 1.74 bits per heavy atom. The molecule has 1 amide bonds. The molecule has 0 bridgehead atoms. The van der Waals surface area contributed by atoms with Gasteiger partial charge in [-0.1, -0.05) is 27.7 Å². The molecule has 3 rings (SSSR count). The van der Waals surface area contributed by atoms with E-state index in [-0.39, 0.29) is 5.91 Å². The Kier molecular flexibility index (Phi) is 9.27. The van der Waals surface area contributed by atoms with Crippen LogP contribution in [0.4, 0.5) is 11.6 Å². The molecule has 1 aromatic heterocycles. The number of carbonyl (C=O) groups excluding carboxylic acids is 1. The molecule has 0 spiro atoms. The van der Waals surface area contributed by atoms with E-state index in [1.807, 2.05) is 35.2 Å². The van der Waals surface area contributed by atoms with Crippen LogP contribution in [-0.2, 0) is 6.54 Å². The summed E-state index contributed by atoms with van der Waals surface area (Å²) in [6, 6.07) is 15.2. The van der Waals surface area contributed by atoms with Gasteiger partial charge in [0.05, 0.1) is 22.7 Å². The zero-order valence-electron chi connectivity index (χ0n) is 21.4. The highest BCUT2D eigenvalue weighted by molar-refractivity contribution is 5.98. The van der Waals surface area contributed by atoms with E-state index in [2.05, 4.69) is 43.6 Å². The average molecular weight is 475 g/mol. The maximum atomic E-state index is 13.5. The Morgan fingerprint density at radius 3 is 2.31 bits per heavy atom. The van der Waals surface area contributed by atoms with Gasteiger partial charge in [-0.15, -0.1) is 0 Å². The monoisotopic (exact) mass is 474 g/mol. The van der Waals surface area contributed by atoms with E-state index in [1.54, 1.807) is 12.1 Å². The molecule has 0 saturated heterocycles. The molecule has 0 saturated carbocycles. The summed E-state index contributed by atoms with van der Waals surface area (Å²) < 4.78 is 2.09. The van der Waals surface area contributed by atoms with Gasteiger partial charge in [-0.25, -0.2) is 4.98 Å². The van der Waals surface area contributed by atoms with Crippen molar-refractivity contribution in [2.75, 3.05) is 25.0 Å². The van der Waals surface area contributed by atoms with Crippen molar-refractivity contribution in [2.45, 2.75) is 53.5 Å². The summed E-state index contributed by atoms with van der Waals surface area (Å²) in [6.45, 7) is 11.5. The fourth-order valence-electron chi connectivity index (χ4n) is 3.91. The van der Waals surface area contributed by atoms with Crippen molar-refractivity contribution in [2.24, 2.45) is 17.6 Å². The first-order chi connectivity index (χ1) is 16.8. The molecule has 1 heterocycles. The topological polar surface area (TPSA) is 100.0 Å². The number of carbonyl (C=O) groups is 1. The number of fused-ring (bicyclic) bond motifs is 1. The molecular formula is C28H38N6O. The molecule has 7 heteroatoms. The minimum absolute atomic E-state index is 0.0707. The summed E-state index contributed by atoms with van der Waals surface area (Å²) in [4.78, 5) is 20.3. The minimum atomic E-state index is 0.0707. The van der Waals surface area contributed by atoms with E-state index in [9.17, 15) is 4.79 Å². The first-order valence-corrected chi connectivity index (χ1v) is 12.6. The van der Waals surface area contributed by atoms with Crippen molar-refractivity contribution >= 4 is 28.6 Å². The van der Waals surface area contributed by atoms with Crippen molar-refractivity contribution in [3.63, 3.8) is 0 Å². The fourth-order valence-corrected chi connectivity index (χ4v) is 3.91. The Hall–Kier alpha value is -3.37. The van der Waals surface area contributed by atoms with Crippen molar-refractivity contribution in [3.8, 4) is 6.07 Å². The third-order valence-corrected chi connectivity index (χ3v) is 6.09. The predicted molar refractivity (Wildman–Crippen MR) is 143 cm³/mol. The van der Waals surface area contributed by atoms with Crippen LogP contribution >= 0.6 is 0 Å². The van der Waals surface area contributed by atoms with E-state index in [0.717, 1.165) is 49.1 Å². The van der Waals surface area contributed by atoms with Crippen molar-refractivity contribution in [3.05, 3.63) is 53.6 Å². The maximum Gasteiger partial charge on any atom is 0.253 e. The standard InChI is InChI=1S/C28H38N6O/c1-20(2)12-16-33(17-13-21(3)4)27(35)23-8-11-25-26(18-23)34(15-5-14-29)28(32-25)31-24-9-6-22(19-30)7-10-24/h6-11,18,20-21H,5,12-17,29H2,1-4H3,(H,31,32). The van der Waals surface area contributed by atoms with E-state index < -0.39 is 0 Å². The first kappa shape index (κ1) is 26.2. The predicted octanol–water partition coefficient (Wildman–Crippen LogP) is 5.53. The number of benzene rings is 2. The molecular weight excluding hydrogens is 436 g/mol. The van der Waals surface area contributed by atoms with Gasteiger partial charge >= 0.3 is 0 Å². The van der Waals surface area contributed by atoms with Crippen LogP contribution in [0, 0.1) is 23.2 Å². The summed E-state index contributed by atoms with van der Waals surface area (Å²) in [5.41, 5.74) is 9.68. The van der Waals surface area contributed by atoms with Crippen LogP contribution in [0.3, 0.4) is 0 Å². The number of nitrogens with one attached hydrogen (secondary N) is 1. The number of nitrogens with two attached hydrogens (primary N) is 1. The molecule has 3 aromatic rings. The highest BCUT2D eigenvalue weighted by atomic mass is 16.2. The number of aromatic nitrogens is 2. The van der Waals surface area contributed by atoms with Gasteiger partial charge in [-0.3, -0.25) is 4.79 Å². The van der Waals surface area contributed by atoms with Crippen LogP contribution < -0.4 is 11.1 Å². The molecule has 3 N–H and O–H groups in total. The van der Waals surface area contributed by atoms with Gasteiger partial charge in [-0.2, -0.15) is 5.26 Å². The van der Waals surface area contributed by atoms with Crippen LogP contribution in [0.5, 0.6) is 0 Å². The zero-order chi connectivity index (χ0) is 25.4. The lowest BCUT2D eigenvalue weighted by molar-refractivity contribution is 0.0741. The van der Waals surface area contributed by atoms with Crippen molar-refractivity contribution < 1.29 is 4.79 Å². The van der Waals surface area contributed by atoms with Gasteiger partial charge in [0.2, 0.25) is 5.95 Å².